The summed E-state index contributed by atoms with van der Waals surface area (Å²) in [7, 11) is 0. The van der Waals surface area contributed by atoms with Gasteiger partial charge in [-0.25, -0.2) is 4.98 Å². The Labute approximate surface area is 178 Å². The van der Waals surface area contributed by atoms with Gasteiger partial charge in [0.05, 0.1) is 0 Å². The standard InChI is InChI=1S/C26H27N3O/c1-26(2,3)18-12-13-23-21(15-18)24(22(16-27)25(28)29-23)17-8-7-11-20(14-17)30-19-9-5-4-6-10-19/h4-11,14,18H,12-13,15H2,1-3H3,(H2,28,29). The Morgan fingerprint density at radius 3 is 2.50 bits per heavy atom. The van der Waals surface area contributed by atoms with Crippen LogP contribution >= 0.6 is 0 Å². The van der Waals surface area contributed by atoms with Gasteiger partial charge in [-0.05, 0) is 66.0 Å². The minimum atomic E-state index is 0.196. The number of nitrogens with zero attached hydrogens (tertiary/aromatic N) is 2. The van der Waals surface area contributed by atoms with Crippen molar-refractivity contribution >= 4 is 5.82 Å². The summed E-state index contributed by atoms with van der Waals surface area (Å²) in [4.78, 5) is 4.60. The minimum absolute atomic E-state index is 0.196. The highest BCUT2D eigenvalue weighted by Crippen LogP contribution is 2.43. The second kappa shape index (κ2) is 7.84. The predicted molar refractivity (Wildman–Crippen MR) is 120 cm³/mol. The molecule has 3 aromatic rings. The van der Waals surface area contributed by atoms with Crippen LogP contribution in [0.2, 0.25) is 0 Å². The molecule has 0 spiro atoms. The van der Waals surface area contributed by atoms with Crippen LogP contribution in [0.3, 0.4) is 0 Å². The molecule has 4 rings (SSSR count). The molecule has 2 aromatic carbocycles. The maximum absolute atomic E-state index is 9.89. The number of aromatic nitrogens is 1. The van der Waals surface area contributed by atoms with E-state index in [2.05, 4.69) is 31.8 Å². The highest BCUT2D eigenvalue weighted by atomic mass is 16.5. The first-order valence-corrected chi connectivity index (χ1v) is 10.4. The van der Waals surface area contributed by atoms with Crippen molar-refractivity contribution < 1.29 is 4.74 Å². The highest BCUT2D eigenvalue weighted by Gasteiger charge is 2.32. The topological polar surface area (TPSA) is 71.9 Å². The monoisotopic (exact) mass is 397 g/mol. The van der Waals surface area contributed by atoms with Crippen LogP contribution in [0.15, 0.2) is 54.6 Å². The molecule has 1 aromatic heterocycles. The number of hydrogen-bond donors (Lipinski definition) is 1. The van der Waals surface area contributed by atoms with Crippen molar-refractivity contribution in [1.82, 2.24) is 4.98 Å². The van der Waals surface area contributed by atoms with Crippen molar-refractivity contribution in [3.63, 3.8) is 0 Å². The molecular weight excluding hydrogens is 370 g/mol. The number of rotatable bonds is 3. The zero-order valence-electron chi connectivity index (χ0n) is 17.8. The van der Waals surface area contributed by atoms with Crippen molar-refractivity contribution in [2.24, 2.45) is 11.3 Å². The fraction of sp³-hybridized carbons (Fsp3) is 0.308. The number of ether oxygens (including phenoxy) is 1. The number of nitrogen functional groups attached to an aromatic ring is 1. The average molecular weight is 398 g/mol. The molecule has 1 aliphatic rings. The molecular formula is C26H27N3O. The van der Waals surface area contributed by atoms with Crippen molar-refractivity contribution in [1.29, 1.82) is 5.26 Å². The highest BCUT2D eigenvalue weighted by molar-refractivity contribution is 5.80. The Morgan fingerprint density at radius 1 is 1.07 bits per heavy atom. The Hall–Kier alpha value is -3.32. The van der Waals surface area contributed by atoms with E-state index in [0.29, 0.717) is 17.3 Å². The van der Waals surface area contributed by atoms with Gasteiger partial charge in [-0.15, -0.1) is 0 Å². The molecule has 30 heavy (non-hydrogen) atoms. The number of hydrogen-bond acceptors (Lipinski definition) is 4. The van der Waals surface area contributed by atoms with Crippen LogP contribution in [0, 0.1) is 22.7 Å². The van der Waals surface area contributed by atoms with E-state index in [1.807, 2.05) is 54.6 Å². The first-order chi connectivity index (χ1) is 14.4. The van der Waals surface area contributed by atoms with Gasteiger partial charge in [-0.2, -0.15) is 5.26 Å². The van der Waals surface area contributed by atoms with Crippen LogP contribution in [0.5, 0.6) is 11.5 Å². The summed E-state index contributed by atoms with van der Waals surface area (Å²) in [5.74, 6) is 2.36. The number of nitrogens with two attached hydrogens (primary N) is 1. The number of fused-ring (bicyclic) bond motifs is 1. The molecule has 152 valence electrons. The van der Waals surface area contributed by atoms with E-state index < -0.39 is 0 Å². The first kappa shape index (κ1) is 20.0. The molecule has 1 aliphatic carbocycles. The third-order valence-electron chi connectivity index (χ3n) is 6.03. The molecule has 0 radical (unpaired) electrons. The minimum Gasteiger partial charge on any atom is -0.457 e. The fourth-order valence-corrected chi connectivity index (χ4v) is 4.29. The van der Waals surface area contributed by atoms with Crippen molar-refractivity contribution in [2.45, 2.75) is 40.0 Å². The molecule has 1 atom stereocenters. The number of pyridine rings is 1. The maximum Gasteiger partial charge on any atom is 0.142 e. The molecule has 4 nitrogen and oxygen atoms in total. The average Bonchev–Trinajstić information content (AvgIpc) is 2.72. The van der Waals surface area contributed by atoms with Crippen LogP contribution in [0.4, 0.5) is 5.82 Å². The van der Waals surface area contributed by atoms with Gasteiger partial charge < -0.3 is 10.5 Å². The number of benzene rings is 2. The number of para-hydroxylation sites is 1. The summed E-state index contributed by atoms with van der Waals surface area (Å²) in [5.41, 5.74) is 10.9. The van der Waals surface area contributed by atoms with E-state index in [0.717, 1.165) is 53.1 Å². The summed E-state index contributed by atoms with van der Waals surface area (Å²) in [6.07, 6.45) is 2.88. The van der Waals surface area contributed by atoms with E-state index in [4.69, 9.17) is 10.5 Å². The normalized spacial score (nSPS) is 15.9. The summed E-state index contributed by atoms with van der Waals surface area (Å²) in [5, 5.41) is 9.89. The van der Waals surface area contributed by atoms with Crippen LogP contribution in [-0.2, 0) is 12.8 Å². The molecule has 0 saturated carbocycles. The number of nitriles is 1. The Bertz CT molecular complexity index is 1110. The van der Waals surface area contributed by atoms with Crippen molar-refractivity contribution in [3.8, 4) is 28.7 Å². The summed E-state index contributed by atoms with van der Waals surface area (Å²) >= 11 is 0. The van der Waals surface area contributed by atoms with Gasteiger partial charge in [0.1, 0.15) is 28.9 Å². The van der Waals surface area contributed by atoms with Gasteiger partial charge in [0.15, 0.2) is 0 Å². The summed E-state index contributed by atoms with van der Waals surface area (Å²) in [6, 6.07) is 19.9. The van der Waals surface area contributed by atoms with Crippen LogP contribution < -0.4 is 10.5 Å². The second-order valence-corrected chi connectivity index (χ2v) is 9.03. The first-order valence-electron chi connectivity index (χ1n) is 10.4. The lowest BCUT2D eigenvalue weighted by molar-refractivity contribution is 0.215. The molecule has 0 amide bonds. The predicted octanol–water partition coefficient (Wildman–Crippen LogP) is 6.15. The van der Waals surface area contributed by atoms with E-state index in [1.165, 1.54) is 0 Å². The summed E-state index contributed by atoms with van der Waals surface area (Å²) in [6.45, 7) is 6.85. The van der Waals surface area contributed by atoms with E-state index in [-0.39, 0.29) is 5.41 Å². The van der Waals surface area contributed by atoms with Gasteiger partial charge in [0.25, 0.3) is 0 Å². The smallest absolute Gasteiger partial charge is 0.142 e. The maximum atomic E-state index is 9.89. The summed E-state index contributed by atoms with van der Waals surface area (Å²) < 4.78 is 6.03. The van der Waals surface area contributed by atoms with Gasteiger partial charge in [-0.1, -0.05) is 51.1 Å². The van der Waals surface area contributed by atoms with Gasteiger partial charge in [0, 0.05) is 11.3 Å². The quantitative estimate of drug-likeness (QED) is 0.576. The number of anilines is 1. The van der Waals surface area contributed by atoms with E-state index >= 15 is 0 Å². The lowest BCUT2D eigenvalue weighted by Crippen LogP contribution is -2.28. The van der Waals surface area contributed by atoms with Gasteiger partial charge in [-0.3, -0.25) is 0 Å². The second-order valence-electron chi connectivity index (χ2n) is 9.03. The largest absolute Gasteiger partial charge is 0.457 e. The van der Waals surface area contributed by atoms with Gasteiger partial charge in [0.2, 0.25) is 0 Å². The molecule has 2 N–H and O–H groups in total. The van der Waals surface area contributed by atoms with Crippen LogP contribution in [-0.4, -0.2) is 4.98 Å². The van der Waals surface area contributed by atoms with E-state index in [1.54, 1.807) is 0 Å². The molecule has 1 heterocycles. The molecule has 0 saturated heterocycles. The van der Waals surface area contributed by atoms with Gasteiger partial charge >= 0.3 is 0 Å². The molecule has 1 unspecified atom stereocenters. The Balaban J connectivity index is 1.82. The Kier molecular flexibility index (Phi) is 5.22. The van der Waals surface area contributed by atoms with Crippen LogP contribution in [0.1, 0.15) is 44.0 Å². The molecule has 0 bridgehead atoms. The van der Waals surface area contributed by atoms with Crippen molar-refractivity contribution in [2.75, 3.05) is 5.73 Å². The third kappa shape index (κ3) is 3.89. The molecule has 4 heteroatoms. The molecule has 0 fully saturated rings. The lowest BCUT2D eigenvalue weighted by atomic mass is 9.70. The van der Waals surface area contributed by atoms with Crippen molar-refractivity contribution in [3.05, 3.63) is 71.4 Å². The Morgan fingerprint density at radius 2 is 1.80 bits per heavy atom. The van der Waals surface area contributed by atoms with Crippen LogP contribution in [0.25, 0.3) is 11.1 Å². The number of aryl methyl sites for hydroxylation is 1. The van der Waals surface area contributed by atoms with E-state index in [9.17, 15) is 5.26 Å². The molecule has 0 aliphatic heterocycles. The lowest BCUT2D eigenvalue weighted by Gasteiger charge is -2.35. The zero-order valence-corrected chi connectivity index (χ0v) is 17.8. The fourth-order valence-electron chi connectivity index (χ4n) is 4.29. The third-order valence-corrected chi connectivity index (χ3v) is 6.03. The SMILES string of the molecule is CC(C)(C)C1CCc2nc(N)c(C#N)c(-c3cccc(Oc4ccccc4)c3)c2C1. The zero-order chi connectivity index (χ0) is 21.3.